The van der Waals surface area contributed by atoms with Crippen LogP contribution in [0.1, 0.15) is 43.4 Å². The van der Waals surface area contributed by atoms with E-state index in [4.69, 9.17) is 0 Å². The van der Waals surface area contributed by atoms with Crippen LogP contribution in [0.5, 0.6) is 0 Å². The number of anilines is 1. The maximum Gasteiger partial charge on any atom is 0.217 e. The Morgan fingerprint density at radius 2 is 1.66 bits per heavy atom. The molecule has 2 aromatic carbocycles. The summed E-state index contributed by atoms with van der Waals surface area (Å²) in [5.74, 6) is 0.136. The summed E-state index contributed by atoms with van der Waals surface area (Å²) in [4.78, 5) is 15.8. The van der Waals surface area contributed by atoms with E-state index in [-0.39, 0.29) is 24.1 Å². The highest BCUT2D eigenvalue weighted by molar-refractivity contribution is 5.85. The highest BCUT2D eigenvalue weighted by Crippen LogP contribution is 2.29. The smallest absolute Gasteiger partial charge is 0.217 e. The minimum absolute atomic E-state index is 0. The van der Waals surface area contributed by atoms with Crippen LogP contribution in [0.25, 0.3) is 0 Å². The van der Waals surface area contributed by atoms with Crippen LogP contribution >= 0.6 is 12.4 Å². The average molecular weight is 420 g/mol. The molecule has 1 aliphatic heterocycles. The highest BCUT2D eigenvalue weighted by atomic mass is 35.5. The summed E-state index contributed by atoms with van der Waals surface area (Å²) in [7, 11) is 0. The largest absolute Gasteiger partial charge is 0.369 e. The van der Waals surface area contributed by atoms with Crippen molar-refractivity contribution in [1.82, 2.24) is 10.2 Å². The Morgan fingerprint density at radius 1 is 1.03 bits per heavy atom. The van der Waals surface area contributed by atoms with Crippen molar-refractivity contribution in [2.24, 2.45) is 0 Å². The van der Waals surface area contributed by atoms with Gasteiger partial charge in [0.25, 0.3) is 0 Å². The molecular formula is C23H31ClFN3O. The number of hydrogen-bond acceptors (Lipinski definition) is 3. The topological polar surface area (TPSA) is 35.6 Å². The van der Waals surface area contributed by atoms with Gasteiger partial charge in [-0.3, -0.25) is 9.69 Å². The van der Waals surface area contributed by atoms with E-state index in [1.807, 2.05) is 6.07 Å². The van der Waals surface area contributed by atoms with E-state index in [0.717, 1.165) is 43.9 Å². The van der Waals surface area contributed by atoms with E-state index in [0.29, 0.717) is 12.5 Å². The van der Waals surface area contributed by atoms with Gasteiger partial charge in [0.1, 0.15) is 5.82 Å². The zero-order valence-electron chi connectivity index (χ0n) is 17.5. The number of halogens is 2. The molecule has 1 saturated heterocycles. The minimum atomic E-state index is -0.159. The van der Waals surface area contributed by atoms with Gasteiger partial charge in [-0.15, -0.1) is 12.4 Å². The second-order valence-corrected chi connectivity index (χ2v) is 7.85. The first kappa shape index (κ1) is 23.2. The number of piperazine rings is 1. The van der Waals surface area contributed by atoms with E-state index in [1.54, 1.807) is 12.1 Å². The Balaban J connectivity index is 0.00000300. The van der Waals surface area contributed by atoms with Crippen molar-refractivity contribution in [3.63, 3.8) is 0 Å². The maximum absolute atomic E-state index is 13.6. The van der Waals surface area contributed by atoms with E-state index in [1.165, 1.54) is 18.2 Å². The predicted octanol–water partition coefficient (Wildman–Crippen LogP) is 4.33. The molecular weight excluding hydrogens is 389 g/mol. The van der Waals surface area contributed by atoms with Gasteiger partial charge in [-0.25, -0.2) is 4.39 Å². The number of benzene rings is 2. The fourth-order valence-corrected chi connectivity index (χ4v) is 3.67. The molecule has 158 valence electrons. The Kier molecular flexibility index (Phi) is 8.47. The van der Waals surface area contributed by atoms with Crippen LogP contribution in [0.2, 0.25) is 0 Å². The monoisotopic (exact) mass is 419 g/mol. The lowest BCUT2D eigenvalue weighted by Crippen LogP contribution is -2.46. The Bertz CT molecular complexity index is 802. The molecule has 0 radical (unpaired) electrons. The molecule has 1 aliphatic rings. The average Bonchev–Trinajstić information content (AvgIpc) is 2.68. The number of nitrogens with zero attached hydrogens (tertiary/aromatic N) is 2. The second-order valence-electron chi connectivity index (χ2n) is 7.85. The lowest BCUT2D eigenvalue weighted by atomic mass is 9.99. The minimum Gasteiger partial charge on any atom is -0.369 e. The first-order valence-corrected chi connectivity index (χ1v) is 10.0. The molecule has 1 N–H and O–H groups in total. The summed E-state index contributed by atoms with van der Waals surface area (Å²) in [6.45, 7) is 11.1. The van der Waals surface area contributed by atoms with Crippen molar-refractivity contribution >= 4 is 24.0 Å². The van der Waals surface area contributed by atoms with Crippen LogP contribution in [-0.4, -0.2) is 37.0 Å². The molecule has 0 saturated carbocycles. The number of hydrogen-bond donors (Lipinski definition) is 1. The van der Waals surface area contributed by atoms with Gasteiger partial charge in [0.2, 0.25) is 5.91 Å². The highest BCUT2D eigenvalue weighted by Gasteiger charge is 2.20. The summed E-state index contributed by atoms with van der Waals surface area (Å²) in [6, 6.07) is 13.6. The molecule has 1 heterocycles. The fraction of sp³-hybridized carbons (Fsp3) is 0.435. The van der Waals surface area contributed by atoms with Gasteiger partial charge in [-0.1, -0.05) is 38.1 Å². The molecule has 2 aromatic rings. The molecule has 1 fully saturated rings. The van der Waals surface area contributed by atoms with Gasteiger partial charge in [0.15, 0.2) is 0 Å². The van der Waals surface area contributed by atoms with Gasteiger partial charge in [-0.05, 0) is 40.8 Å². The number of amides is 1. The van der Waals surface area contributed by atoms with Crippen molar-refractivity contribution < 1.29 is 9.18 Å². The number of nitrogens with one attached hydrogen (secondary N) is 1. The van der Waals surface area contributed by atoms with Crippen LogP contribution in [0.4, 0.5) is 10.1 Å². The molecule has 0 aliphatic carbocycles. The Hall–Kier alpha value is -2.11. The van der Waals surface area contributed by atoms with E-state index in [9.17, 15) is 9.18 Å². The molecule has 29 heavy (non-hydrogen) atoms. The first-order chi connectivity index (χ1) is 13.4. The molecule has 1 amide bonds. The molecule has 3 rings (SSSR count). The van der Waals surface area contributed by atoms with E-state index < -0.39 is 0 Å². The van der Waals surface area contributed by atoms with Crippen LogP contribution in [-0.2, 0) is 17.9 Å². The van der Waals surface area contributed by atoms with Crippen LogP contribution in [0.15, 0.2) is 42.5 Å². The molecule has 6 heteroatoms. The van der Waals surface area contributed by atoms with Gasteiger partial charge in [0.05, 0.1) is 0 Å². The number of carbonyl (C=O) groups excluding carboxylic acids is 1. The third kappa shape index (κ3) is 6.44. The molecule has 0 atom stereocenters. The molecule has 0 spiro atoms. The third-order valence-electron chi connectivity index (χ3n) is 5.30. The van der Waals surface area contributed by atoms with E-state index >= 15 is 0 Å². The maximum atomic E-state index is 13.6. The van der Waals surface area contributed by atoms with Crippen LogP contribution < -0.4 is 10.2 Å². The molecule has 0 aromatic heterocycles. The zero-order valence-corrected chi connectivity index (χ0v) is 18.3. The zero-order chi connectivity index (χ0) is 20.1. The SMILES string of the molecule is CC(=O)NCc1ccc(CN2CCN(c3ccc(F)cc3C(C)C)CC2)cc1.Cl. The van der Waals surface area contributed by atoms with Crippen molar-refractivity contribution in [1.29, 1.82) is 0 Å². The molecule has 0 unspecified atom stereocenters. The predicted molar refractivity (Wildman–Crippen MR) is 119 cm³/mol. The van der Waals surface area contributed by atoms with Crippen molar-refractivity contribution in [2.75, 3.05) is 31.1 Å². The lowest BCUT2D eigenvalue weighted by Gasteiger charge is -2.37. The second kappa shape index (κ2) is 10.6. The lowest BCUT2D eigenvalue weighted by molar-refractivity contribution is -0.119. The number of carbonyl (C=O) groups is 1. The summed E-state index contributed by atoms with van der Waals surface area (Å²) in [6.07, 6.45) is 0. The van der Waals surface area contributed by atoms with Gasteiger partial charge < -0.3 is 10.2 Å². The van der Waals surface area contributed by atoms with Gasteiger partial charge in [-0.2, -0.15) is 0 Å². The molecule has 0 bridgehead atoms. The first-order valence-electron chi connectivity index (χ1n) is 10.0. The summed E-state index contributed by atoms with van der Waals surface area (Å²) in [5.41, 5.74) is 4.65. The summed E-state index contributed by atoms with van der Waals surface area (Å²) in [5, 5.41) is 2.82. The van der Waals surface area contributed by atoms with Gasteiger partial charge >= 0.3 is 0 Å². The van der Waals surface area contributed by atoms with Gasteiger partial charge in [0, 0.05) is 51.9 Å². The normalized spacial score (nSPS) is 14.6. The van der Waals surface area contributed by atoms with E-state index in [2.05, 4.69) is 53.2 Å². The summed E-state index contributed by atoms with van der Waals surface area (Å²) < 4.78 is 13.6. The van der Waals surface area contributed by atoms with Crippen LogP contribution in [0, 0.1) is 5.82 Å². The summed E-state index contributed by atoms with van der Waals surface area (Å²) >= 11 is 0. The Labute approximate surface area is 179 Å². The third-order valence-corrected chi connectivity index (χ3v) is 5.30. The fourth-order valence-electron chi connectivity index (χ4n) is 3.67. The van der Waals surface area contributed by atoms with Crippen molar-refractivity contribution in [2.45, 2.75) is 39.8 Å². The van der Waals surface area contributed by atoms with Crippen molar-refractivity contribution in [3.05, 3.63) is 65.0 Å². The van der Waals surface area contributed by atoms with Crippen molar-refractivity contribution in [3.8, 4) is 0 Å². The standard InChI is InChI=1S/C23H30FN3O.ClH/c1-17(2)22-14-21(24)8-9-23(22)27-12-10-26(11-13-27)16-20-6-4-19(5-7-20)15-25-18(3)28;/h4-9,14,17H,10-13,15-16H2,1-3H3,(H,25,28);1H. The number of rotatable bonds is 6. The Morgan fingerprint density at radius 3 is 2.24 bits per heavy atom. The quantitative estimate of drug-likeness (QED) is 0.757. The van der Waals surface area contributed by atoms with Crippen LogP contribution in [0.3, 0.4) is 0 Å². The molecule has 4 nitrogen and oxygen atoms in total.